The van der Waals surface area contributed by atoms with Crippen molar-refractivity contribution in [1.29, 1.82) is 0 Å². The molecule has 0 saturated carbocycles. The number of aryl methyl sites for hydroxylation is 1. The molecule has 0 unspecified atom stereocenters. The van der Waals surface area contributed by atoms with Gasteiger partial charge in [0.05, 0.1) is 12.2 Å². The van der Waals surface area contributed by atoms with Crippen LogP contribution in [0.2, 0.25) is 0 Å². The maximum Gasteiger partial charge on any atom is 0.410 e. The first-order valence-corrected chi connectivity index (χ1v) is 9.03. The first-order chi connectivity index (χ1) is 12.7. The molecular formula is C20H26N4O3. The molecule has 0 radical (unpaired) electrons. The van der Waals surface area contributed by atoms with Crippen molar-refractivity contribution < 1.29 is 14.3 Å². The molecule has 27 heavy (non-hydrogen) atoms. The number of aromatic nitrogens is 2. The lowest BCUT2D eigenvalue weighted by Crippen LogP contribution is -2.40. The topological polar surface area (TPSA) is 67.7 Å². The molecule has 2 aromatic rings. The van der Waals surface area contributed by atoms with E-state index in [1.54, 1.807) is 28.6 Å². The van der Waals surface area contributed by atoms with Crippen LogP contribution < -0.4 is 4.90 Å². The molecule has 7 heteroatoms. The first kappa shape index (κ1) is 18.9. The summed E-state index contributed by atoms with van der Waals surface area (Å²) in [6.45, 7) is 6.37. The highest BCUT2D eigenvalue weighted by Gasteiger charge is 2.32. The smallest absolute Gasteiger partial charge is 0.410 e. The van der Waals surface area contributed by atoms with Crippen LogP contribution in [0.4, 0.5) is 10.5 Å². The average molecular weight is 370 g/mol. The number of fused-ring (bicyclic) bond motifs is 1. The van der Waals surface area contributed by atoms with Crippen LogP contribution in [0.1, 0.15) is 42.5 Å². The van der Waals surface area contributed by atoms with Crippen LogP contribution in [0, 0.1) is 0 Å². The second-order valence-corrected chi connectivity index (χ2v) is 7.75. The molecule has 3 rings (SSSR count). The van der Waals surface area contributed by atoms with Gasteiger partial charge in [0.1, 0.15) is 11.3 Å². The van der Waals surface area contributed by atoms with E-state index in [1.165, 1.54) is 0 Å². The molecule has 0 saturated heterocycles. The number of carbonyl (C=O) groups is 2. The molecule has 0 aliphatic carbocycles. The fourth-order valence-electron chi connectivity index (χ4n) is 3.18. The van der Waals surface area contributed by atoms with Crippen molar-refractivity contribution in [2.24, 2.45) is 7.05 Å². The van der Waals surface area contributed by atoms with E-state index < -0.39 is 5.60 Å². The standard InChI is InChI=1S/C20H26N4O3/c1-20(2,3)27-19(26)24-12-11-16-15(13-24)17(23(5)21-16)18(25)22(4)14-9-7-6-8-10-14/h6-10H,11-13H2,1-5H3. The number of hydrogen-bond donors (Lipinski definition) is 0. The predicted octanol–water partition coefficient (Wildman–Crippen LogP) is 2.99. The Bertz CT molecular complexity index is 852. The zero-order valence-electron chi connectivity index (χ0n) is 16.5. The van der Waals surface area contributed by atoms with Gasteiger partial charge < -0.3 is 14.5 Å². The number of nitrogens with zero attached hydrogens (tertiary/aromatic N) is 4. The first-order valence-electron chi connectivity index (χ1n) is 9.03. The lowest BCUT2D eigenvalue weighted by atomic mass is 10.0. The highest BCUT2D eigenvalue weighted by Crippen LogP contribution is 2.25. The summed E-state index contributed by atoms with van der Waals surface area (Å²) in [4.78, 5) is 28.8. The SMILES string of the molecule is CN(C(=O)c1c2c(nn1C)CCN(C(=O)OC(C)(C)C)C2)c1ccccc1. The van der Waals surface area contributed by atoms with Gasteiger partial charge in [0.15, 0.2) is 0 Å². The van der Waals surface area contributed by atoms with Crippen LogP contribution >= 0.6 is 0 Å². The summed E-state index contributed by atoms with van der Waals surface area (Å²) < 4.78 is 7.10. The van der Waals surface area contributed by atoms with Gasteiger partial charge >= 0.3 is 6.09 Å². The molecule has 1 aromatic heterocycles. The minimum absolute atomic E-state index is 0.150. The van der Waals surface area contributed by atoms with E-state index in [-0.39, 0.29) is 12.0 Å². The summed E-state index contributed by atoms with van der Waals surface area (Å²) >= 11 is 0. The van der Waals surface area contributed by atoms with Gasteiger partial charge in [0.25, 0.3) is 5.91 Å². The number of rotatable bonds is 2. The van der Waals surface area contributed by atoms with E-state index in [0.717, 1.165) is 16.9 Å². The number of benzene rings is 1. The van der Waals surface area contributed by atoms with Gasteiger partial charge in [-0.05, 0) is 32.9 Å². The van der Waals surface area contributed by atoms with Gasteiger partial charge in [-0.1, -0.05) is 18.2 Å². The van der Waals surface area contributed by atoms with Gasteiger partial charge in [-0.15, -0.1) is 0 Å². The largest absolute Gasteiger partial charge is 0.444 e. The number of para-hydroxylation sites is 1. The Morgan fingerprint density at radius 3 is 2.48 bits per heavy atom. The molecule has 144 valence electrons. The lowest BCUT2D eigenvalue weighted by molar-refractivity contribution is 0.0222. The molecule has 1 aliphatic heterocycles. The maximum atomic E-state index is 13.1. The fraction of sp³-hybridized carbons (Fsp3) is 0.450. The predicted molar refractivity (Wildman–Crippen MR) is 103 cm³/mol. The van der Waals surface area contributed by atoms with Gasteiger partial charge in [-0.2, -0.15) is 5.10 Å². The molecule has 0 N–H and O–H groups in total. The van der Waals surface area contributed by atoms with Gasteiger partial charge in [0, 0.05) is 38.3 Å². The Labute approximate surface area is 159 Å². The van der Waals surface area contributed by atoms with E-state index in [1.807, 2.05) is 51.1 Å². The molecule has 1 aliphatic rings. The summed E-state index contributed by atoms with van der Waals surface area (Å²) in [5, 5.41) is 4.51. The number of carbonyl (C=O) groups excluding carboxylic acids is 2. The molecular weight excluding hydrogens is 344 g/mol. The van der Waals surface area contributed by atoms with Gasteiger partial charge in [0.2, 0.25) is 0 Å². The maximum absolute atomic E-state index is 13.1. The minimum Gasteiger partial charge on any atom is -0.444 e. The second-order valence-electron chi connectivity index (χ2n) is 7.75. The van der Waals surface area contributed by atoms with E-state index in [4.69, 9.17) is 4.74 Å². The molecule has 0 atom stereocenters. The highest BCUT2D eigenvalue weighted by molar-refractivity contribution is 6.05. The molecule has 2 heterocycles. The van der Waals surface area contributed by atoms with Crippen LogP contribution in [-0.2, 0) is 24.8 Å². The quantitative estimate of drug-likeness (QED) is 0.815. The Balaban J connectivity index is 1.87. The van der Waals surface area contributed by atoms with E-state index >= 15 is 0 Å². The summed E-state index contributed by atoms with van der Waals surface area (Å²) in [7, 11) is 3.51. The van der Waals surface area contributed by atoms with Crippen LogP contribution in [0.15, 0.2) is 30.3 Å². The van der Waals surface area contributed by atoms with Crippen LogP contribution in [0.5, 0.6) is 0 Å². The Kier molecular flexibility index (Phi) is 4.95. The summed E-state index contributed by atoms with van der Waals surface area (Å²) in [5.74, 6) is -0.150. The van der Waals surface area contributed by atoms with Crippen molar-refractivity contribution >= 4 is 17.7 Å². The zero-order chi connectivity index (χ0) is 19.8. The van der Waals surface area contributed by atoms with Crippen molar-refractivity contribution in [1.82, 2.24) is 14.7 Å². The summed E-state index contributed by atoms with van der Waals surface area (Å²) in [6, 6.07) is 9.46. The fourth-order valence-corrected chi connectivity index (χ4v) is 3.18. The normalized spacial score (nSPS) is 13.9. The Morgan fingerprint density at radius 1 is 1.19 bits per heavy atom. The van der Waals surface area contributed by atoms with Crippen LogP contribution in [0.25, 0.3) is 0 Å². The molecule has 0 spiro atoms. The van der Waals surface area contributed by atoms with Gasteiger partial charge in [-0.25, -0.2) is 4.79 Å². The third kappa shape index (κ3) is 3.97. The zero-order valence-corrected chi connectivity index (χ0v) is 16.5. The molecule has 1 aromatic carbocycles. The number of ether oxygens (including phenoxy) is 1. The second kappa shape index (κ2) is 7.06. The highest BCUT2D eigenvalue weighted by atomic mass is 16.6. The van der Waals surface area contributed by atoms with Crippen LogP contribution in [-0.4, -0.2) is 45.9 Å². The van der Waals surface area contributed by atoms with Crippen molar-refractivity contribution in [3.05, 3.63) is 47.3 Å². The average Bonchev–Trinajstić information content (AvgIpc) is 2.94. The van der Waals surface area contributed by atoms with Crippen molar-refractivity contribution in [3.63, 3.8) is 0 Å². The third-order valence-electron chi connectivity index (χ3n) is 4.50. The number of hydrogen-bond acceptors (Lipinski definition) is 4. The molecule has 7 nitrogen and oxygen atoms in total. The number of amides is 2. The molecule has 0 bridgehead atoms. The van der Waals surface area contributed by atoms with Gasteiger partial charge in [-0.3, -0.25) is 9.48 Å². The monoisotopic (exact) mass is 370 g/mol. The van der Waals surface area contributed by atoms with Crippen molar-refractivity contribution in [2.45, 2.75) is 39.3 Å². The van der Waals surface area contributed by atoms with E-state index in [2.05, 4.69) is 5.10 Å². The van der Waals surface area contributed by atoms with E-state index in [9.17, 15) is 9.59 Å². The van der Waals surface area contributed by atoms with Crippen molar-refractivity contribution in [3.8, 4) is 0 Å². The van der Waals surface area contributed by atoms with Crippen molar-refractivity contribution in [2.75, 3.05) is 18.5 Å². The third-order valence-corrected chi connectivity index (χ3v) is 4.50. The lowest BCUT2D eigenvalue weighted by Gasteiger charge is -2.30. The Hall–Kier alpha value is -2.83. The summed E-state index contributed by atoms with van der Waals surface area (Å²) in [5.41, 5.74) is 2.41. The Morgan fingerprint density at radius 2 is 1.85 bits per heavy atom. The molecule has 0 fully saturated rings. The minimum atomic E-state index is -0.557. The summed E-state index contributed by atoms with van der Waals surface area (Å²) in [6.07, 6.45) is 0.233. The molecule has 2 amide bonds. The van der Waals surface area contributed by atoms with Crippen LogP contribution in [0.3, 0.4) is 0 Å². The van der Waals surface area contributed by atoms with E-state index in [0.29, 0.717) is 25.2 Å². The number of anilines is 1.